The van der Waals surface area contributed by atoms with E-state index in [4.69, 9.17) is 11.6 Å². The van der Waals surface area contributed by atoms with Gasteiger partial charge in [-0.25, -0.2) is 0 Å². The van der Waals surface area contributed by atoms with Crippen LogP contribution in [0.25, 0.3) is 0 Å². The average molecular weight is 337 g/mol. The van der Waals surface area contributed by atoms with E-state index in [9.17, 15) is 9.59 Å². The number of nitrogens with zero attached hydrogens (tertiary/aromatic N) is 1. The Morgan fingerprint density at radius 2 is 1.91 bits per heavy atom. The number of likely N-dealkylation sites (N-methyl/N-ethyl adjacent to an activating group) is 1. The molecule has 1 aromatic rings. The van der Waals surface area contributed by atoms with Crippen molar-refractivity contribution in [3.8, 4) is 0 Å². The first kappa shape index (κ1) is 19.2. The molecule has 5 heteroatoms. The molecule has 4 nitrogen and oxygen atoms in total. The second kappa shape index (κ2) is 7.64. The number of halogens is 1. The Labute approximate surface area is 143 Å². The minimum absolute atomic E-state index is 0.0419. The van der Waals surface area contributed by atoms with Crippen molar-refractivity contribution in [2.24, 2.45) is 5.41 Å². The van der Waals surface area contributed by atoms with Crippen molar-refractivity contribution < 1.29 is 9.59 Å². The number of rotatable bonds is 5. The lowest BCUT2D eigenvalue weighted by molar-refractivity contribution is -0.128. The summed E-state index contributed by atoms with van der Waals surface area (Å²) in [6, 6.07) is 5.21. The SMILES string of the molecule is C=C(C)CN(C)C(=O)c1cc(CNC(=O)C(C)(C)C)ccc1Cl. The van der Waals surface area contributed by atoms with E-state index in [-0.39, 0.29) is 11.8 Å². The molecule has 0 heterocycles. The van der Waals surface area contributed by atoms with E-state index >= 15 is 0 Å². The highest BCUT2D eigenvalue weighted by molar-refractivity contribution is 6.33. The van der Waals surface area contributed by atoms with Crippen molar-refractivity contribution in [1.82, 2.24) is 10.2 Å². The van der Waals surface area contributed by atoms with Gasteiger partial charge in [-0.3, -0.25) is 9.59 Å². The smallest absolute Gasteiger partial charge is 0.255 e. The van der Waals surface area contributed by atoms with Crippen LogP contribution in [0, 0.1) is 5.41 Å². The van der Waals surface area contributed by atoms with Gasteiger partial charge in [-0.2, -0.15) is 0 Å². The molecule has 2 amide bonds. The second-order valence-corrected chi connectivity index (χ2v) is 7.27. The molecular formula is C18H25ClN2O2. The Morgan fingerprint density at radius 3 is 2.43 bits per heavy atom. The average Bonchev–Trinajstić information content (AvgIpc) is 2.43. The maximum absolute atomic E-state index is 12.5. The molecular weight excluding hydrogens is 312 g/mol. The Balaban J connectivity index is 2.89. The molecule has 1 rings (SSSR count). The van der Waals surface area contributed by atoms with Crippen LogP contribution >= 0.6 is 11.6 Å². The number of amides is 2. The fourth-order valence-electron chi connectivity index (χ4n) is 1.98. The Hall–Kier alpha value is -1.81. The van der Waals surface area contributed by atoms with Gasteiger partial charge in [0.15, 0.2) is 0 Å². The molecule has 126 valence electrons. The lowest BCUT2D eigenvalue weighted by atomic mass is 9.95. The Morgan fingerprint density at radius 1 is 1.30 bits per heavy atom. The minimum Gasteiger partial charge on any atom is -0.352 e. The van der Waals surface area contributed by atoms with E-state index < -0.39 is 5.41 Å². The molecule has 0 spiro atoms. The Bertz CT molecular complexity index is 618. The highest BCUT2D eigenvalue weighted by atomic mass is 35.5. The third kappa shape index (κ3) is 5.71. The first-order chi connectivity index (χ1) is 10.5. The van der Waals surface area contributed by atoms with Gasteiger partial charge in [0.05, 0.1) is 10.6 Å². The molecule has 0 aliphatic heterocycles. The molecule has 0 bridgehead atoms. The van der Waals surface area contributed by atoms with Crippen LogP contribution in [0.2, 0.25) is 5.02 Å². The predicted octanol–water partition coefficient (Wildman–Crippen LogP) is 3.65. The van der Waals surface area contributed by atoms with Gasteiger partial charge in [-0.05, 0) is 24.6 Å². The van der Waals surface area contributed by atoms with Crippen molar-refractivity contribution >= 4 is 23.4 Å². The zero-order chi connectivity index (χ0) is 17.8. The summed E-state index contributed by atoms with van der Waals surface area (Å²) in [6.07, 6.45) is 0. The molecule has 0 unspecified atom stereocenters. The lowest BCUT2D eigenvalue weighted by Gasteiger charge is -2.19. The van der Waals surface area contributed by atoms with Crippen molar-refractivity contribution in [3.63, 3.8) is 0 Å². The molecule has 0 aliphatic carbocycles. The number of hydrogen-bond acceptors (Lipinski definition) is 2. The molecule has 0 fully saturated rings. The summed E-state index contributed by atoms with van der Waals surface area (Å²) in [5.41, 5.74) is 1.70. The number of carbonyl (C=O) groups excluding carboxylic acids is 2. The summed E-state index contributed by atoms with van der Waals surface area (Å²) in [7, 11) is 1.71. The molecule has 0 radical (unpaired) electrons. The first-order valence-corrected chi connectivity index (χ1v) is 7.86. The monoisotopic (exact) mass is 336 g/mol. The number of benzene rings is 1. The number of nitrogens with one attached hydrogen (secondary N) is 1. The summed E-state index contributed by atoms with van der Waals surface area (Å²) >= 11 is 6.15. The van der Waals surface area contributed by atoms with Crippen LogP contribution in [0.5, 0.6) is 0 Å². The maximum atomic E-state index is 12.5. The fourth-order valence-corrected chi connectivity index (χ4v) is 2.17. The van der Waals surface area contributed by atoms with Crippen molar-refractivity contribution in [1.29, 1.82) is 0 Å². The van der Waals surface area contributed by atoms with Crippen LogP contribution in [0.3, 0.4) is 0 Å². The van der Waals surface area contributed by atoms with E-state index in [1.165, 1.54) is 0 Å². The van der Waals surface area contributed by atoms with Crippen LogP contribution in [0.4, 0.5) is 0 Å². The Kier molecular flexibility index (Phi) is 6.39. The van der Waals surface area contributed by atoms with E-state index in [2.05, 4.69) is 11.9 Å². The van der Waals surface area contributed by atoms with Crippen molar-refractivity contribution in [2.45, 2.75) is 34.2 Å². The fraction of sp³-hybridized carbons (Fsp3) is 0.444. The first-order valence-electron chi connectivity index (χ1n) is 7.49. The van der Waals surface area contributed by atoms with Gasteiger partial charge in [0.2, 0.25) is 5.91 Å². The highest BCUT2D eigenvalue weighted by Gasteiger charge is 2.21. The van der Waals surface area contributed by atoms with Crippen LogP contribution in [0.15, 0.2) is 30.4 Å². The van der Waals surface area contributed by atoms with Gasteiger partial charge in [0.1, 0.15) is 0 Å². The zero-order valence-electron chi connectivity index (χ0n) is 14.5. The molecule has 1 aromatic carbocycles. The largest absolute Gasteiger partial charge is 0.352 e. The van der Waals surface area contributed by atoms with E-state index in [1.807, 2.05) is 27.7 Å². The van der Waals surface area contributed by atoms with Crippen LogP contribution < -0.4 is 5.32 Å². The van der Waals surface area contributed by atoms with Gasteiger partial charge in [0, 0.05) is 25.6 Å². The highest BCUT2D eigenvalue weighted by Crippen LogP contribution is 2.20. The van der Waals surface area contributed by atoms with E-state index in [0.717, 1.165) is 11.1 Å². The predicted molar refractivity (Wildman–Crippen MR) is 94.5 cm³/mol. The van der Waals surface area contributed by atoms with Crippen molar-refractivity contribution in [3.05, 3.63) is 46.5 Å². The van der Waals surface area contributed by atoms with Gasteiger partial charge in [-0.1, -0.05) is 50.6 Å². The summed E-state index contributed by atoms with van der Waals surface area (Å²) < 4.78 is 0. The summed E-state index contributed by atoms with van der Waals surface area (Å²) in [4.78, 5) is 26.0. The van der Waals surface area contributed by atoms with Gasteiger partial charge in [0.25, 0.3) is 5.91 Å². The molecule has 23 heavy (non-hydrogen) atoms. The quantitative estimate of drug-likeness (QED) is 0.834. The third-order valence-corrected chi connectivity index (χ3v) is 3.58. The van der Waals surface area contributed by atoms with Gasteiger partial charge >= 0.3 is 0 Å². The van der Waals surface area contributed by atoms with Gasteiger partial charge in [-0.15, -0.1) is 0 Å². The number of carbonyl (C=O) groups is 2. The van der Waals surface area contributed by atoms with Gasteiger partial charge < -0.3 is 10.2 Å². The summed E-state index contributed by atoms with van der Waals surface area (Å²) in [6.45, 7) is 12.1. The topological polar surface area (TPSA) is 49.4 Å². The van der Waals surface area contributed by atoms with Crippen LogP contribution in [-0.2, 0) is 11.3 Å². The van der Waals surface area contributed by atoms with E-state index in [1.54, 1.807) is 30.1 Å². The molecule has 0 atom stereocenters. The minimum atomic E-state index is -0.452. The second-order valence-electron chi connectivity index (χ2n) is 6.87. The molecule has 0 aromatic heterocycles. The zero-order valence-corrected chi connectivity index (χ0v) is 15.3. The summed E-state index contributed by atoms with van der Waals surface area (Å²) in [5, 5.41) is 3.26. The lowest BCUT2D eigenvalue weighted by Crippen LogP contribution is -2.34. The normalized spacial score (nSPS) is 11.0. The molecule has 0 saturated heterocycles. The molecule has 0 aliphatic rings. The maximum Gasteiger partial charge on any atom is 0.255 e. The van der Waals surface area contributed by atoms with Crippen LogP contribution in [0.1, 0.15) is 43.6 Å². The third-order valence-electron chi connectivity index (χ3n) is 3.25. The molecule has 0 saturated carbocycles. The molecule has 1 N–H and O–H groups in total. The number of hydrogen-bond donors (Lipinski definition) is 1. The standard InChI is InChI=1S/C18H25ClN2O2/c1-12(2)11-21(6)16(22)14-9-13(7-8-15(14)19)10-20-17(23)18(3,4)5/h7-9H,1,10-11H2,2-6H3,(H,20,23). The van der Waals surface area contributed by atoms with Crippen LogP contribution in [-0.4, -0.2) is 30.3 Å². The van der Waals surface area contributed by atoms with Crippen molar-refractivity contribution in [2.75, 3.05) is 13.6 Å². The summed E-state index contributed by atoms with van der Waals surface area (Å²) in [5.74, 6) is -0.207. The van der Waals surface area contributed by atoms with E-state index in [0.29, 0.717) is 23.7 Å².